The zero-order valence-electron chi connectivity index (χ0n) is 17.5. The van der Waals surface area contributed by atoms with Gasteiger partial charge in [-0.2, -0.15) is 14.9 Å². The number of carbonyl (C=O) groups is 1. The van der Waals surface area contributed by atoms with Crippen molar-refractivity contribution in [1.29, 1.82) is 0 Å². The molecule has 1 amide bonds. The highest BCUT2D eigenvalue weighted by molar-refractivity contribution is 5.95. The number of aromatic nitrogens is 5. The van der Waals surface area contributed by atoms with Crippen molar-refractivity contribution in [3.8, 4) is 28.7 Å². The van der Waals surface area contributed by atoms with Crippen molar-refractivity contribution in [3.63, 3.8) is 0 Å². The normalized spacial score (nSPS) is 15.2. The van der Waals surface area contributed by atoms with Gasteiger partial charge in [-0.1, -0.05) is 36.4 Å². The van der Waals surface area contributed by atoms with Crippen LogP contribution in [0.5, 0.6) is 11.5 Å². The monoisotopic (exact) mass is 428 g/mol. The van der Waals surface area contributed by atoms with E-state index in [0.717, 1.165) is 22.4 Å². The third-order valence-electron chi connectivity index (χ3n) is 5.52. The first kappa shape index (κ1) is 19.7. The third-order valence-corrected chi connectivity index (χ3v) is 5.52. The van der Waals surface area contributed by atoms with Gasteiger partial charge in [0.05, 0.1) is 24.7 Å². The number of rotatable bonds is 4. The fourth-order valence-electron chi connectivity index (χ4n) is 4.02. The summed E-state index contributed by atoms with van der Waals surface area (Å²) in [7, 11) is 1.49. The first-order chi connectivity index (χ1) is 15.5. The highest BCUT2D eigenvalue weighted by atomic mass is 16.5. The number of nitrogens with zero attached hydrogens (tertiary/aromatic N) is 5. The summed E-state index contributed by atoms with van der Waals surface area (Å²) < 4.78 is 6.77. The Morgan fingerprint density at radius 3 is 2.78 bits per heavy atom. The van der Waals surface area contributed by atoms with Gasteiger partial charge in [-0.05, 0) is 24.6 Å². The van der Waals surface area contributed by atoms with Gasteiger partial charge >= 0.3 is 0 Å². The van der Waals surface area contributed by atoms with Gasteiger partial charge in [-0.15, -0.1) is 5.10 Å². The van der Waals surface area contributed by atoms with E-state index in [4.69, 9.17) is 4.74 Å². The van der Waals surface area contributed by atoms with Gasteiger partial charge in [0, 0.05) is 23.5 Å². The first-order valence-corrected chi connectivity index (χ1v) is 10.1. The summed E-state index contributed by atoms with van der Waals surface area (Å²) in [5, 5.41) is 25.8. The quantitative estimate of drug-likeness (QED) is 0.513. The fraction of sp³-hybridized carbons (Fsp3) is 0.174. The molecule has 0 spiro atoms. The lowest BCUT2D eigenvalue weighted by molar-refractivity contribution is -0.116. The molecule has 3 heterocycles. The number of carbonyl (C=O) groups excluding carboxylic acids is 1. The Balaban J connectivity index is 1.62. The van der Waals surface area contributed by atoms with E-state index in [0.29, 0.717) is 17.3 Å². The van der Waals surface area contributed by atoms with E-state index in [1.54, 1.807) is 24.4 Å². The van der Waals surface area contributed by atoms with Gasteiger partial charge in [0.25, 0.3) is 5.95 Å². The number of methoxy groups -OCH3 is 1. The number of benzene rings is 2. The Bertz CT molecular complexity index is 1320. The number of nitrogens with one attached hydrogen (secondary N) is 1. The van der Waals surface area contributed by atoms with Crippen molar-refractivity contribution in [2.45, 2.75) is 19.3 Å². The SMILES string of the molecule is COc1cc([C@@H]2CC(=O)Nc3c2c(C)nn3-c2nncc(-c3ccccc3)n2)ccc1O. The molecular weight excluding hydrogens is 408 g/mol. The van der Waals surface area contributed by atoms with E-state index in [1.807, 2.05) is 37.3 Å². The maximum atomic E-state index is 12.6. The molecule has 2 aromatic heterocycles. The van der Waals surface area contributed by atoms with Gasteiger partial charge in [0.15, 0.2) is 11.5 Å². The molecule has 0 saturated heterocycles. The van der Waals surface area contributed by atoms with Crippen molar-refractivity contribution in [1.82, 2.24) is 25.0 Å². The van der Waals surface area contributed by atoms with E-state index >= 15 is 0 Å². The summed E-state index contributed by atoms with van der Waals surface area (Å²) in [4.78, 5) is 17.2. The molecule has 0 radical (unpaired) electrons. The van der Waals surface area contributed by atoms with Crippen molar-refractivity contribution in [2.24, 2.45) is 0 Å². The molecule has 9 heteroatoms. The Labute approximate surface area is 183 Å². The number of phenolic OH excluding ortho intramolecular Hbond substituents is 1. The Kier molecular flexibility index (Phi) is 4.78. The van der Waals surface area contributed by atoms with Crippen LogP contribution in [0.1, 0.15) is 29.2 Å². The average Bonchev–Trinajstić information content (AvgIpc) is 3.15. The van der Waals surface area contributed by atoms with E-state index in [-0.39, 0.29) is 29.9 Å². The molecule has 2 N–H and O–H groups in total. The smallest absolute Gasteiger partial charge is 0.272 e. The zero-order valence-corrected chi connectivity index (χ0v) is 17.5. The van der Waals surface area contributed by atoms with Crippen LogP contribution in [-0.4, -0.2) is 43.1 Å². The lowest BCUT2D eigenvalue weighted by Gasteiger charge is -2.24. The van der Waals surface area contributed by atoms with Crippen LogP contribution in [0.2, 0.25) is 0 Å². The van der Waals surface area contributed by atoms with Crippen molar-refractivity contribution in [3.05, 3.63) is 71.5 Å². The minimum Gasteiger partial charge on any atom is -0.504 e. The van der Waals surface area contributed by atoms with Crippen LogP contribution in [0.3, 0.4) is 0 Å². The van der Waals surface area contributed by atoms with E-state index in [2.05, 4.69) is 25.6 Å². The highest BCUT2D eigenvalue weighted by Gasteiger charge is 2.33. The maximum absolute atomic E-state index is 12.6. The fourth-order valence-corrected chi connectivity index (χ4v) is 4.02. The van der Waals surface area contributed by atoms with Crippen LogP contribution < -0.4 is 10.1 Å². The predicted octanol–water partition coefficient (Wildman–Crippen LogP) is 3.22. The van der Waals surface area contributed by atoms with Gasteiger partial charge in [0.2, 0.25) is 5.91 Å². The molecule has 0 aliphatic carbocycles. The van der Waals surface area contributed by atoms with Crippen molar-refractivity contribution < 1.29 is 14.6 Å². The lowest BCUT2D eigenvalue weighted by atomic mass is 9.85. The molecule has 4 aromatic rings. The van der Waals surface area contributed by atoms with E-state index < -0.39 is 0 Å². The number of anilines is 1. The molecule has 2 aromatic carbocycles. The van der Waals surface area contributed by atoms with Crippen LogP contribution in [-0.2, 0) is 4.79 Å². The molecule has 0 unspecified atom stereocenters. The molecule has 0 fully saturated rings. The number of aryl methyl sites for hydroxylation is 1. The molecule has 9 nitrogen and oxygen atoms in total. The minimum absolute atomic E-state index is 0.0429. The molecule has 32 heavy (non-hydrogen) atoms. The average molecular weight is 428 g/mol. The van der Waals surface area contributed by atoms with Crippen LogP contribution in [0.4, 0.5) is 5.82 Å². The van der Waals surface area contributed by atoms with Crippen molar-refractivity contribution in [2.75, 3.05) is 12.4 Å². The summed E-state index contributed by atoms with van der Waals surface area (Å²) >= 11 is 0. The molecule has 160 valence electrons. The van der Waals surface area contributed by atoms with E-state index in [1.165, 1.54) is 11.8 Å². The van der Waals surface area contributed by atoms with E-state index in [9.17, 15) is 9.90 Å². The molecule has 1 aliphatic rings. The lowest BCUT2D eigenvalue weighted by Crippen LogP contribution is -2.25. The zero-order chi connectivity index (χ0) is 22.2. The number of phenols is 1. The van der Waals surface area contributed by atoms with Crippen LogP contribution >= 0.6 is 0 Å². The second-order valence-corrected chi connectivity index (χ2v) is 7.50. The molecule has 5 rings (SSSR count). The number of ether oxygens (including phenoxy) is 1. The van der Waals surface area contributed by atoms with Crippen LogP contribution in [0.15, 0.2) is 54.7 Å². The van der Waals surface area contributed by atoms with Gasteiger partial charge < -0.3 is 15.2 Å². The molecule has 0 bridgehead atoms. The predicted molar refractivity (Wildman–Crippen MR) is 117 cm³/mol. The standard InChI is InChI=1S/C23H20N6O3/c1-13-21-16(15-8-9-18(30)19(10-15)32-2)11-20(31)26-22(21)29(28-13)23-25-17(12-24-27-23)14-6-4-3-5-7-14/h3-10,12,16,30H,11H2,1-2H3,(H,26,31)/t16-/m0/s1. The Morgan fingerprint density at radius 1 is 1.19 bits per heavy atom. The Hall–Kier alpha value is -4.27. The molecule has 1 aliphatic heterocycles. The number of aromatic hydroxyl groups is 1. The summed E-state index contributed by atoms with van der Waals surface area (Å²) in [6.07, 6.45) is 1.84. The van der Waals surface area contributed by atoms with Crippen molar-refractivity contribution >= 4 is 11.7 Å². The highest BCUT2D eigenvalue weighted by Crippen LogP contribution is 2.42. The largest absolute Gasteiger partial charge is 0.504 e. The third kappa shape index (κ3) is 3.33. The first-order valence-electron chi connectivity index (χ1n) is 10.1. The summed E-state index contributed by atoms with van der Waals surface area (Å²) in [5.74, 6) is 0.766. The second kappa shape index (κ2) is 7.77. The number of hydrogen-bond acceptors (Lipinski definition) is 7. The molecule has 1 atom stereocenters. The second-order valence-electron chi connectivity index (χ2n) is 7.50. The van der Waals surface area contributed by atoms with Gasteiger partial charge in [-0.25, -0.2) is 4.98 Å². The molecular formula is C23H20N6O3. The van der Waals surface area contributed by atoms with Crippen LogP contribution in [0, 0.1) is 6.92 Å². The maximum Gasteiger partial charge on any atom is 0.272 e. The number of hydrogen-bond donors (Lipinski definition) is 2. The topological polar surface area (TPSA) is 115 Å². The minimum atomic E-state index is -0.257. The number of fused-ring (bicyclic) bond motifs is 1. The summed E-state index contributed by atoms with van der Waals surface area (Å²) in [6.45, 7) is 1.88. The Morgan fingerprint density at radius 2 is 2.00 bits per heavy atom. The van der Waals surface area contributed by atoms with Gasteiger partial charge in [0.1, 0.15) is 5.82 Å². The molecule has 0 saturated carbocycles. The summed E-state index contributed by atoms with van der Waals surface area (Å²) in [6, 6.07) is 14.8. The van der Waals surface area contributed by atoms with Crippen LogP contribution in [0.25, 0.3) is 17.2 Å². The summed E-state index contributed by atoms with van der Waals surface area (Å²) in [5.41, 5.74) is 4.01. The van der Waals surface area contributed by atoms with Gasteiger partial charge in [-0.3, -0.25) is 4.79 Å². The number of amides is 1.